The Balaban J connectivity index is 0.00000242. The number of nitrogens with two attached hydrogens (primary N) is 1. The quantitative estimate of drug-likeness (QED) is 0.690. The maximum Gasteiger partial charge on any atom is 0.228 e. The Hall–Kier alpha value is -1.24. The molecule has 0 saturated carbocycles. The Morgan fingerprint density at radius 1 is 1.36 bits per heavy atom. The van der Waals surface area contributed by atoms with E-state index in [0.29, 0.717) is 12.2 Å². The molecule has 1 saturated heterocycles. The third-order valence-corrected chi connectivity index (χ3v) is 4.49. The largest absolute Gasteiger partial charge is 0.370 e. The Kier molecular flexibility index (Phi) is 8.30. The van der Waals surface area contributed by atoms with Crippen LogP contribution in [-0.2, 0) is 9.59 Å². The zero-order valence-electron chi connectivity index (χ0n) is 12.3. The lowest BCUT2D eigenvalue weighted by molar-refractivity contribution is -0.120. The summed E-state index contributed by atoms with van der Waals surface area (Å²) in [5.74, 6) is 0.401. The van der Waals surface area contributed by atoms with Crippen molar-refractivity contribution in [1.29, 1.82) is 0 Å². The van der Waals surface area contributed by atoms with Gasteiger partial charge in [0, 0.05) is 23.6 Å². The summed E-state index contributed by atoms with van der Waals surface area (Å²) < 4.78 is 0. The summed E-state index contributed by atoms with van der Waals surface area (Å²) in [6.07, 6.45) is 2.29. The van der Waals surface area contributed by atoms with Crippen LogP contribution >= 0.6 is 24.2 Å². The summed E-state index contributed by atoms with van der Waals surface area (Å²) in [5.41, 5.74) is 5.95. The lowest BCUT2D eigenvalue weighted by Crippen LogP contribution is -2.37. The van der Waals surface area contributed by atoms with Crippen molar-refractivity contribution in [3.63, 3.8) is 0 Å². The molecule has 0 aliphatic carbocycles. The number of hydrogen-bond acceptors (Lipinski definition) is 4. The van der Waals surface area contributed by atoms with Crippen molar-refractivity contribution in [2.45, 2.75) is 24.2 Å². The minimum atomic E-state index is -0.308. The first-order chi connectivity index (χ1) is 10.2. The molecular formula is C15H22ClN3O2S. The SMILES string of the molecule is Cl.NC(=O)CCSc1ccccc1NC(=O)C1CCCNC1. The zero-order chi connectivity index (χ0) is 15.1. The second-order valence-electron chi connectivity index (χ2n) is 5.09. The molecule has 0 radical (unpaired) electrons. The van der Waals surface area contributed by atoms with Crippen molar-refractivity contribution in [2.24, 2.45) is 11.7 Å². The van der Waals surface area contributed by atoms with Gasteiger partial charge in [-0.1, -0.05) is 12.1 Å². The molecule has 1 fully saturated rings. The highest BCUT2D eigenvalue weighted by Gasteiger charge is 2.21. The van der Waals surface area contributed by atoms with E-state index in [9.17, 15) is 9.59 Å². The Bertz CT molecular complexity index is 507. The maximum absolute atomic E-state index is 12.3. The Labute approximate surface area is 141 Å². The van der Waals surface area contributed by atoms with E-state index in [2.05, 4.69) is 10.6 Å². The molecular weight excluding hydrogens is 322 g/mol. The Morgan fingerprint density at radius 2 is 2.14 bits per heavy atom. The molecule has 4 N–H and O–H groups in total. The smallest absolute Gasteiger partial charge is 0.228 e. The minimum Gasteiger partial charge on any atom is -0.370 e. The number of piperidine rings is 1. The molecule has 1 aliphatic heterocycles. The van der Waals surface area contributed by atoms with Crippen molar-refractivity contribution >= 4 is 41.7 Å². The second kappa shape index (κ2) is 9.71. The summed E-state index contributed by atoms with van der Waals surface area (Å²) in [7, 11) is 0. The van der Waals surface area contributed by atoms with Gasteiger partial charge in [-0.15, -0.1) is 24.2 Å². The predicted octanol–water partition coefficient (Wildman–Crippen LogP) is 2.01. The first-order valence-corrected chi connectivity index (χ1v) is 8.17. The topological polar surface area (TPSA) is 84.2 Å². The number of thioether (sulfide) groups is 1. The molecule has 1 aromatic carbocycles. The number of halogens is 1. The van der Waals surface area contributed by atoms with E-state index in [1.54, 1.807) is 0 Å². The van der Waals surface area contributed by atoms with Gasteiger partial charge in [-0.3, -0.25) is 9.59 Å². The Morgan fingerprint density at radius 3 is 2.82 bits per heavy atom. The van der Waals surface area contributed by atoms with E-state index in [1.807, 2.05) is 24.3 Å². The average molecular weight is 344 g/mol. The van der Waals surface area contributed by atoms with Crippen LogP contribution in [-0.4, -0.2) is 30.7 Å². The average Bonchev–Trinajstić information content (AvgIpc) is 2.49. The normalized spacial score (nSPS) is 17.4. The number of benzene rings is 1. The molecule has 1 atom stereocenters. The molecule has 1 unspecified atom stereocenters. The number of para-hydroxylation sites is 1. The fraction of sp³-hybridized carbons (Fsp3) is 0.467. The van der Waals surface area contributed by atoms with Crippen LogP contribution in [0.4, 0.5) is 5.69 Å². The molecule has 5 nitrogen and oxygen atoms in total. The third-order valence-electron chi connectivity index (χ3n) is 3.42. The molecule has 0 aromatic heterocycles. The number of carbonyl (C=O) groups excluding carboxylic acids is 2. The lowest BCUT2D eigenvalue weighted by Gasteiger charge is -2.22. The number of hydrogen-bond donors (Lipinski definition) is 3. The standard InChI is InChI=1S/C15H21N3O2S.ClH/c16-14(19)7-9-21-13-6-2-1-5-12(13)18-15(20)11-4-3-8-17-10-11;/h1-2,5-6,11,17H,3-4,7-10H2,(H2,16,19)(H,18,20);1H. The van der Waals surface area contributed by atoms with Crippen molar-refractivity contribution in [3.8, 4) is 0 Å². The van der Waals surface area contributed by atoms with Crippen molar-refractivity contribution in [1.82, 2.24) is 5.32 Å². The summed E-state index contributed by atoms with van der Waals surface area (Å²) in [6, 6.07) is 7.65. The molecule has 0 spiro atoms. The van der Waals surface area contributed by atoms with Crippen molar-refractivity contribution in [3.05, 3.63) is 24.3 Å². The van der Waals surface area contributed by atoms with Crippen LogP contribution in [0.1, 0.15) is 19.3 Å². The third kappa shape index (κ3) is 5.87. The minimum absolute atomic E-state index is 0. The van der Waals surface area contributed by atoms with Gasteiger partial charge in [-0.05, 0) is 31.5 Å². The van der Waals surface area contributed by atoms with Gasteiger partial charge in [0.2, 0.25) is 11.8 Å². The van der Waals surface area contributed by atoms with Gasteiger partial charge >= 0.3 is 0 Å². The molecule has 2 amide bonds. The fourth-order valence-electron chi connectivity index (χ4n) is 2.27. The number of nitrogens with one attached hydrogen (secondary N) is 2. The first-order valence-electron chi connectivity index (χ1n) is 7.18. The van der Waals surface area contributed by atoms with E-state index >= 15 is 0 Å². The monoisotopic (exact) mass is 343 g/mol. The van der Waals surface area contributed by atoms with Crippen LogP contribution in [0.25, 0.3) is 0 Å². The number of carbonyl (C=O) groups is 2. The van der Waals surface area contributed by atoms with E-state index < -0.39 is 0 Å². The molecule has 7 heteroatoms. The second-order valence-corrected chi connectivity index (χ2v) is 6.23. The van der Waals surface area contributed by atoms with Gasteiger partial charge in [-0.25, -0.2) is 0 Å². The lowest BCUT2D eigenvalue weighted by atomic mass is 9.99. The molecule has 1 aliphatic rings. The highest BCUT2D eigenvalue weighted by molar-refractivity contribution is 7.99. The summed E-state index contributed by atoms with van der Waals surface area (Å²) in [5, 5.41) is 6.25. The first kappa shape index (κ1) is 18.8. The molecule has 1 aromatic rings. The number of amides is 2. The highest BCUT2D eigenvalue weighted by Crippen LogP contribution is 2.28. The molecule has 2 rings (SSSR count). The van der Waals surface area contributed by atoms with Crippen LogP contribution in [0.15, 0.2) is 29.2 Å². The van der Waals surface area contributed by atoms with Gasteiger partial charge in [0.1, 0.15) is 0 Å². The maximum atomic E-state index is 12.3. The van der Waals surface area contributed by atoms with Crippen LogP contribution in [0.5, 0.6) is 0 Å². The van der Waals surface area contributed by atoms with Crippen LogP contribution in [0.2, 0.25) is 0 Å². The van der Waals surface area contributed by atoms with E-state index in [0.717, 1.165) is 36.5 Å². The molecule has 122 valence electrons. The van der Waals surface area contributed by atoms with E-state index in [4.69, 9.17) is 5.73 Å². The van der Waals surface area contributed by atoms with E-state index in [1.165, 1.54) is 11.8 Å². The number of anilines is 1. The van der Waals surface area contributed by atoms with Gasteiger partial charge in [0.25, 0.3) is 0 Å². The summed E-state index contributed by atoms with van der Waals surface area (Å²) in [4.78, 5) is 24.0. The van der Waals surface area contributed by atoms with Gasteiger partial charge in [0.05, 0.1) is 11.6 Å². The van der Waals surface area contributed by atoms with Gasteiger partial charge in [-0.2, -0.15) is 0 Å². The zero-order valence-corrected chi connectivity index (χ0v) is 14.0. The molecule has 0 bridgehead atoms. The highest BCUT2D eigenvalue weighted by atomic mass is 35.5. The fourth-order valence-corrected chi connectivity index (χ4v) is 3.24. The number of rotatable bonds is 6. The summed E-state index contributed by atoms with van der Waals surface area (Å²) in [6.45, 7) is 1.73. The van der Waals surface area contributed by atoms with Crippen LogP contribution in [0.3, 0.4) is 0 Å². The van der Waals surface area contributed by atoms with Crippen LogP contribution < -0.4 is 16.4 Å². The molecule has 1 heterocycles. The van der Waals surface area contributed by atoms with Gasteiger partial charge < -0.3 is 16.4 Å². The molecule has 22 heavy (non-hydrogen) atoms. The van der Waals surface area contributed by atoms with Crippen molar-refractivity contribution < 1.29 is 9.59 Å². The van der Waals surface area contributed by atoms with Crippen LogP contribution in [0, 0.1) is 5.92 Å². The summed E-state index contributed by atoms with van der Waals surface area (Å²) >= 11 is 1.53. The van der Waals surface area contributed by atoms with E-state index in [-0.39, 0.29) is 30.1 Å². The predicted molar refractivity (Wildman–Crippen MR) is 92.4 cm³/mol. The van der Waals surface area contributed by atoms with Gasteiger partial charge in [0.15, 0.2) is 0 Å². The number of primary amides is 1. The van der Waals surface area contributed by atoms with Crippen molar-refractivity contribution in [2.75, 3.05) is 24.2 Å².